The minimum absolute atomic E-state index is 0.0523. The number of hydrogen-bond donors (Lipinski definition) is 1. The van der Waals surface area contributed by atoms with Gasteiger partial charge in [0.2, 0.25) is 10.0 Å². The molecule has 0 amide bonds. The standard InChI is InChI=1S/C14H18ClNO4S/c1-10-5-3-2-4-8-16(10)21(19,20)13-9-11(14(17)18)6-7-12(13)15/h6-7,9-10H,2-5,8H2,1H3,(H,17,18). The molecule has 1 aromatic carbocycles. The van der Waals surface area contributed by atoms with Crippen molar-refractivity contribution in [2.24, 2.45) is 0 Å². The first kappa shape index (κ1) is 16.3. The highest BCUT2D eigenvalue weighted by Gasteiger charge is 2.32. The maximum atomic E-state index is 12.8. The molecule has 1 N–H and O–H groups in total. The van der Waals surface area contributed by atoms with E-state index in [1.54, 1.807) is 0 Å². The average Bonchev–Trinajstić information content (AvgIpc) is 2.63. The Morgan fingerprint density at radius 1 is 1.33 bits per heavy atom. The van der Waals surface area contributed by atoms with Crippen LogP contribution < -0.4 is 0 Å². The van der Waals surface area contributed by atoms with Crippen LogP contribution in [0.15, 0.2) is 23.1 Å². The van der Waals surface area contributed by atoms with Gasteiger partial charge >= 0.3 is 5.97 Å². The first-order chi connectivity index (χ1) is 9.84. The van der Waals surface area contributed by atoms with Crippen molar-refractivity contribution < 1.29 is 18.3 Å². The molecule has 5 nitrogen and oxygen atoms in total. The van der Waals surface area contributed by atoms with E-state index < -0.39 is 16.0 Å². The second-order valence-corrected chi connectivity index (χ2v) is 7.53. The largest absolute Gasteiger partial charge is 0.478 e. The van der Waals surface area contributed by atoms with E-state index in [0.717, 1.165) is 31.7 Å². The summed E-state index contributed by atoms with van der Waals surface area (Å²) in [6, 6.07) is 3.65. The highest BCUT2D eigenvalue weighted by Crippen LogP contribution is 2.29. The second kappa shape index (κ2) is 6.34. The Morgan fingerprint density at radius 2 is 2.05 bits per heavy atom. The van der Waals surface area contributed by atoms with Crippen LogP contribution >= 0.6 is 11.6 Å². The molecule has 1 fully saturated rings. The predicted molar refractivity (Wildman–Crippen MR) is 80.2 cm³/mol. The van der Waals surface area contributed by atoms with Crippen molar-refractivity contribution >= 4 is 27.6 Å². The molecule has 116 valence electrons. The van der Waals surface area contributed by atoms with Gasteiger partial charge in [-0.15, -0.1) is 0 Å². The summed E-state index contributed by atoms with van der Waals surface area (Å²) in [4.78, 5) is 10.9. The fourth-order valence-electron chi connectivity index (χ4n) is 2.57. The molecule has 1 aliphatic rings. The van der Waals surface area contributed by atoms with E-state index in [1.807, 2.05) is 6.92 Å². The van der Waals surface area contributed by atoms with Crippen molar-refractivity contribution in [2.75, 3.05) is 6.54 Å². The highest BCUT2D eigenvalue weighted by molar-refractivity contribution is 7.89. The number of halogens is 1. The molecular formula is C14H18ClNO4S. The van der Waals surface area contributed by atoms with Gasteiger partial charge in [0, 0.05) is 12.6 Å². The van der Waals surface area contributed by atoms with E-state index >= 15 is 0 Å². The van der Waals surface area contributed by atoms with Crippen LogP contribution in [0.25, 0.3) is 0 Å². The van der Waals surface area contributed by atoms with E-state index in [1.165, 1.54) is 16.4 Å². The molecule has 0 bridgehead atoms. The monoisotopic (exact) mass is 331 g/mol. The third-order valence-corrected chi connectivity index (χ3v) is 6.25. The Bertz CT molecular complexity index is 644. The van der Waals surface area contributed by atoms with Crippen LogP contribution in [0.3, 0.4) is 0 Å². The van der Waals surface area contributed by atoms with Crippen molar-refractivity contribution in [3.8, 4) is 0 Å². The van der Waals surface area contributed by atoms with Crippen molar-refractivity contribution in [3.05, 3.63) is 28.8 Å². The number of rotatable bonds is 3. The lowest BCUT2D eigenvalue weighted by Gasteiger charge is -2.26. The SMILES string of the molecule is CC1CCCCCN1S(=O)(=O)c1cc(C(=O)O)ccc1Cl. The van der Waals surface area contributed by atoms with Crippen LogP contribution in [0.2, 0.25) is 5.02 Å². The molecule has 7 heteroatoms. The Balaban J connectivity index is 2.47. The number of aromatic carboxylic acids is 1. The number of sulfonamides is 1. The molecular weight excluding hydrogens is 314 g/mol. The molecule has 1 unspecified atom stereocenters. The first-order valence-corrected chi connectivity index (χ1v) is 8.70. The van der Waals surface area contributed by atoms with Crippen LogP contribution in [-0.2, 0) is 10.0 Å². The van der Waals surface area contributed by atoms with Gasteiger partial charge in [-0.05, 0) is 38.0 Å². The van der Waals surface area contributed by atoms with E-state index in [2.05, 4.69) is 0 Å². The Hall–Kier alpha value is -1.11. The van der Waals surface area contributed by atoms with Gasteiger partial charge < -0.3 is 5.11 Å². The predicted octanol–water partition coefficient (Wildman–Crippen LogP) is 2.99. The van der Waals surface area contributed by atoms with E-state index in [0.29, 0.717) is 6.54 Å². The second-order valence-electron chi connectivity index (χ2n) is 5.26. The molecule has 0 saturated carbocycles. The molecule has 0 aromatic heterocycles. The van der Waals surface area contributed by atoms with Gasteiger partial charge in [0.15, 0.2) is 0 Å². The summed E-state index contributed by atoms with van der Waals surface area (Å²) < 4.78 is 27.0. The third-order valence-electron chi connectivity index (χ3n) is 3.76. The van der Waals surface area contributed by atoms with Gasteiger partial charge in [-0.25, -0.2) is 13.2 Å². The lowest BCUT2D eigenvalue weighted by atomic mass is 10.1. The average molecular weight is 332 g/mol. The van der Waals surface area contributed by atoms with E-state index in [9.17, 15) is 13.2 Å². The summed E-state index contributed by atoms with van der Waals surface area (Å²) in [7, 11) is -3.78. The number of carbonyl (C=O) groups is 1. The molecule has 1 atom stereocenters. The number of carboxylic acids is 1. The Labute approximate surface area is 129 Å². The van der Waals surface area contributed by atoms with Crippen LogP contribution in [0.4, 0.5) is 0 Å². The zero-order valence-electron chi connectivity index (χ0n) is 11.8. The molecule has 2 rings (SSSR count). The minimum atomic E-state index is -3.78. The molecule has 0 spiro atoms. The molecule has 1 saturated heterocycles. The van der Waals surface area contributed by atoms with Crippen molar-refractivity contribution in [2.45, 2.75) is 43.5 Å². The topological polar surface area (TPSA) is 74.7 Å². The molecule has 1 heterocycles. The first-order valence-electron chi connectivity index (χ1n) is 6.88. The minimum Gasteiger partial charge on any atom is -0.478 e. The molecule has 1 aliphatic heterocycles. The van der Waals surface area contributed by atoms with Gasteiger partial charge in [0.05, 0.1) is 10.6 Å². The summed E-state index contributed by atoms with van der Waals surface area (Å²) in [6.07, 6.45) is 3.60. The fraction of sp³-hybridized carbons (Fsp3) is 0.500. The van der Waals surface area contributed by atoms with Gasteiger partial charge in [0.1, 0.15) is 4.90 Å². The van der Waals surface area contributed by atoms with Crippen molar-refractivity contribution in [3.63, 3.8) is 0 Å². The fourth-order valence-corrected chi connectivity index (χ4v) is 4.77. The van der Waals surface area contributed by atoms with Crippen LogP contribution in [0.5, 0.6) is 0 Å². The smallest absolute Gasteiger partial charge is 0.335 e. The third kappa shape index (κ3) is 3.39. The highest BCUT2D eigenvalue weighted by atomic mass is 35.5. The molecule has 0 aliphatic carbocycles. The van der Waals surface area contributed by atoms with E-state index in [-0.39, 0.29) is 21.5 Å². The lowest BCUT2D eigenvalue weighted by Crippen LogP contribution is -2.38. The van der Waals surface area contributed by atoms with Gasteiger partial charge in [-0.2, -0.15) is 4.31 Å². The number of nitrogens with zero attached hydrogens (tertiary/aromatic N) is 1. The van der Waals surface area contributed by atoms with Crippen molar-refractivity contribution in [1.29, 1.82) is 0 Å². The number of benzene rings is 1. The lowest BCUT2D eigenvalue weighted by molar-refractivity contribution is 0.0696. The summed E-state index contributed by atoms with van der Waals surface area (Å²) >= 11 is 5.99. The van der Waals surface area contributed by atoms with Gasteiger partial charge in [-0.1, -0.05) is 24.4 Å². The summed E-state index contributed by atoms with van der Waals surface area (Å²) in [6.45, 7) is 2.31. The zero-order valence-corrected chi connectivity index (χ0v) is 13.3. The Morgan fingerprint density at radius 3 is 2.71 bits per heavy atom. The van der Waals surface area contributed by atoms with Gasteiger partial charge in [0.25, 0.3) is 0 Å². The summed E-state index contributed by atoms with van der Waals surface area (Å²) in [5, 5.41) is 9.07. The van der Waals surface area contributed by atoms with Crippen LogP contribution in [0.1, 0.15) is 43.0 Å². The maximum Gasteiger partial charge on any atom is 0.335 e. The summed E-state index contributed by atoms with van der Waals surface area (Å²) in [5.74, 6) is -1.17. The van der Waals surface area contributed by atoms with Crippen LogP contribution in [0, 0.1) is 0 Å². The van der Waals surface area contributed by atoms with Crippen molar-refractivity contribution in [1.82, 2.24) is 4.31 Å². The molecule has 0 radical (unpaired) electrons. The van der Waals surface area contributed by atoms with E-state index in [4.69, 9.17) is 16.7 Å². The Kier molecular flexibility index (Phi) is 4.91. The molecule has 21 heavy (non-hydrogen) atoms. The quantitative estimate of drug-likeness (QED) is 0.923. The van der Waals surface area contributed by atoms with Gasteiger partial charge in [-0.3, -0.25) is 0 Å². The summed E-state index contributed by atoms with van der Waals surface area (Å²) in [5.41, 5.74) is -0.0829. The number of hydrogen-bond acceptors (Lipinski definition) is 3. The molecule has 1 aromatic rings. The normalized spacial score (nSPS) is 21.0. The maximum absolute atomic E-state index is 12.8. The zero-order chi connectivity index (χ0) is 15.6. The van der Waals surface area contributed by atoms with Crippen LogP contribution in [-0.4, -0.2) is 36.4 Å². The number of carboxylic acid groups (broad SMARTS) is 1.